The third-order valence-electron chi connectivity index (χ3n) is 1.85. The van der Waals surface area contributed by atoms with Gasteiger partial charge in [-0.3, -0.25) is 0 Å². The summed E-state index contributed by atoms with van der Waals surface area (Å²) < 4.78 is 4.67. The van der Waals surface area contributed by atoms with Gasteiger partial charge in [0.25, 0.3) is 0 Å². The van der Waals surface area contributed by atoms with Crippen LogP contribution in [0.1, 0.15) is 18.2 Å². The topological polar surface area (TPSA) is 91.2 Å². The SMILES string of the molecule is CCOC(=O)C#Cc1cc(N)c(N)nc1C. The molecule has 1 aromatic rings. The number of aryl methyl sites for hydroxylation is 1. The van der Waals surface area contributed by atoms with Crippen LogP contribution in [0.5, 0.6) is 0 Å². The van der Waals surface area contributed by atoms with Crippen LogP contribution < -0.4 is 11.5 Å². The highest BCUT2D eigenvalue weighted by molar-refractivity contribution is 5.89. The van der Waals surface area contributed by atoms with Gasteiger partial charge in [-0.25, -0.2) is 9.78 Å². The van der Waals surface area contributed by atoms with Crippen LogP contribution in [0, 0.1) is 18.8 Å². The molecule has 1 aromatic heterocycles. The number of anilines is 2. The van der Waals surface area contributed by atoms with Gasteiger partial charge in [0, 0.05) is 11.5 Å². The summed E-state index contributed by atoms with van der Waals surface area (Å²) in [7, 11) is 0. The van der Waals surface area contributed by atoms with Crippen LogP contribution in [0.2, 0.25) is 0 Å². The molecule has 0 aliphatic rings. The largest absolute Gasteiger partial charge is 0.456 e. The number of hydrogen-bond donors (Lipinski definition) is 2. The molecule has 0 amide bonds. The second-order valence-corrected chi connectivity index (χ2v) is 3.07. The lowest BCUT2D eigenvalue weighted by atomic mass is 10.2. The molecule has 0 spiro atoms. The zero-order chi connectivity index (χ0) is 12.1. The van der Waals surface area contributed by atoms with Gasteiger partial charge < -0.3 is 16.2 Å². The van der Waals surface area contributed by atoms with Gasteiger partial charge in [-0.1, -0.05) is 5.92 Å². The van der Waals surface area contributed by atoms with Crippen LogP contribution in [0.4, 0.5) is 11.5 Å². The highest BCUT2D eigenvalue weighted by Gasteiger charge is 2.02. The molecule has 0 saturated carbocycles. The summed E-state index contributed by atoms with van der Waals surface area (Å²) in [6, 6.07) is 1.59. The molecule has 0 atom stereocenters. The van der Waals surface area contributed by atoms with Crippen molar-refractivity contribution in [3.8, 4) is 11.8 Å². The van der Waals surface area contributed by atoms with Gasteiger partial charge in [0.05, 0.1) is 18.0 Å². The number of nitrogen functional groups attached to an aromatic ring is 2. The Kier molecular flexibility index (Phi) is 3.72. The Morgan fingerprint density at radius 3 is 2.88 bits per heavy atom. The van der Waals surface area contributed by atoms with E-state index in [9.17, 15) is 4.79 Å². The van der Waals surface area contributed by atoms with Crippen molar-refractivity contribution in [3.05, 3.63) is 17.3 Å². The van der Waals surface area contributed by atoms with E-state index >= 15 is 0 Å². The normalized spacial score (nSPS) is 9.12. The highest BCUT2D eigenvalue weighted by atomic mass is 16.5. The smallest absolute Gasteiger partial charge is 0.384 e. The van der Waals surface area contributed by atoms with E-state index in [4.69, 9.17) is 11.5 Å². The van der Waals surface area contributed by atoms with Crippen LogP contribution in [0.3, 0.4) is 0 Å². The predicted molar refractivity (Wildman–Crippen MR) is 61.3 cm³/mol. The van der Waals surface area contributed by atoms with E-state index < -0.39 is 5.97 Å². The monoisotopic (exact) mass is 219 g/mol. The summed E-state index contributed by atoms with van der Waals surface area (Å²) >= 11 is 0. The zero-order valence-electron chi connectivity index (χ0n) is 9.20. The minimum absolute atomic E-state index is 0.263. The Morgan fingerprint density at radius 2 is 2.25 bits per heavy atom. The summed E-state index contributed by atoms with van der Waals surface area (Å²) in [6.07, 6.45) is 0. The van der Waals surface area contributed by atoms with E-state index in [2.05, 4.69) is 21.6 Å². The zero-order valence-corrected chi connectivity index (χ0v) is 9.20. The fourth-order valence-corrected chi connectivity index (χ4v) is 1.05. The van der Waals surface area contributed by atoms with Gasteiger partial charge in [0.2, 0.25) is 0 Å². The number of aromatic nitrogens is 1. The van der Waals surface area contributed by atoms with E-state index in [-0.39, 0.29) is 5.82 Å². The molecule has 5 heteroatoms. The van der Waals surface area contributed by atoms with Gasteiger partial charge in [0.15, 0.2) is 0 Å². The van der Waals surface area contributed by atoms with Gasteiger partial charge >= 0.3 is 5.97 Å². The van der Waals surface area contributed by atoms with Crippen molar-refractivity contribution in [1.29, 1.82) is 0 Å². The molecule has 0 aliphatic heterocycles. The fraction of sp³-hybridized carbons (Fsp3) is 0.273. The lowest BCUT2D eigenvalue weighted by Gasteiger charge is -2.02. The predicted octanol–water partition coefficient (Wildman–Crippen LogP) is 0.469. The molecule has 4 N–H and O–H groups in total. The van der Waals surface area contributed by atoms with Crippen molar-refractivity contribution >= 4 is 17.5 Å². The first-order valence-corrected chi connectivity index (χ1v) is 4.76. The van der Waals surface area contributed by atoms with Crippen LogP contribution >= 0.6 is 0 Å². The number of esters is 1. The number of carbonyl (C=O) groups is 1. The third kappa shape index (κ3) is 2.89. The maximum absolute atomic E-state index is 11.0. The third-order valence-corrected chi connectivity index (χ3v) is 1.85. The second-order valence-electron chi connectivity index (χ2n) is 3.07. The molecule has 0 unspecified atom stereocenters. The Morgan fingerprint density at radius 1 is 1.56 bits per heavy atom. The molecule has 84 valence electrons. The molecule has 1 heterocycles. The maximum Gasteiger partial charge on any atom is 0.384 e. The number of carbonyl (C=O) groups excluding carboxylic acids is 1. The minimum Gasteiger partial charge on any atom is -0.456 e. The summed E-state index contributed by atoms with van der Waals surface area (Å²) in [5, 5.41) is 0. The van der Waals surface area contributed by atoms with E-state index in [0.29, 0.717) is 23.6 Å². The molecule has 0 saturated heterocycles. The maximum atomic E-state index is 11.0. The van der Waals surface area contributed by atoms with Gasteiger partial charge in [0.1, 0.15) is 5.82 Å². The lowest BCUT2D eigenvalue weighted by molar-refractivity contribution is -0.136. The van der Waals surface area contributed by atoms with Gasteiger partial charge in [-0.15, -0.1) is 0 Å². The average molecular weight is 219 g/mol. The first-order chi connectivity index (χ1) is 7.54. The fourth-order valence-electron chi connectivity index (χ4n) is 1.05. The quantitative estimate of drug-likeness (QED) is 0.529. The Labute approximate surface area is 93.8 Å². The molecule has 5 nitrogen and oxygen atoms in total. The van der Waals surface area contributed by atoms with Gasteiger partial charge in [-0.2, -0.15) is 0 Å². The standard InChI is InChI=1S/C11H13N3O2/c1-3-16-10(15)5-4-8-6-9(12)11(13)14-7(8)2/h6H,3,12H2,1-2H3,(H2,13,14). The van der Waals surface area contributed by atoms with E-state index in [1.807, 2.05) is 0 Å². The number of nitrogens with two attached hydrogens (primary N) is 2. The number of hydrogen-bond acceptors (Lipinski definition) is 5. The summed E-state index contributed by atoms with van der Waals surface area (Å²) in [5.74, 6) is 4.67. The summed E-state index contributed by atoms with van der Waals surface area (Å²) in [6.45, 7) is 3.76. The first kappa shape index (κ1) is 11.9. The van der Waals surface area contributed by atoms with Crippen molar-refractivity contribution in [2.75, 3.05) is 18.1 Å². The van der Waals surface area contributed by atoms with E-state index in [0.717, 1.165) is 0 Å². The van der Waals surface area contributed by atoms with E-state index in [1.54, 1.807) is 19.9 Å². The van der Waals surface area contributed by atoms with Crippen molar-refractivity contribution in [2.45, 2.75) is 13.8 Å². The number of ether oxygens (including phenoxy) is 1. The lowest BCUT2D eigenvalue weighted by Crippen LogP contribution is -2.02. The van der Waals surface area contributed by atoms with Crippen molar-refractivity contribution in [2.24, 2.45) is 0 Å². The van der Waals surface area contributed by atoms with Gasteiger partial charge in [-0.05, 0) is 19.9 Å². The first-order valence-electron chi connectivity index (χ1n) is 4.76. The van der Waals surface area contributed by atoms with Crippen LogP contribution in [0.15, 0.2) is 6.07 Å². The Bertz CT molecular complexity index is 472. The van der Waals surface area contributed by atoms with Crippen molar-refractivity contribution in [1.82, 2.24) is 4.98 Å². The molecular formula is C11H13N3O2. The molecule has 0 bridgehead atoms. The molecule has 1 rings (SSSR count). The minimum atomic E-state index is -0.572. The average Bonchev–Trinajstić information content (AvgIpc) is 2.22. The summed E-state index contributed by atoms with van der Waals surface area (Å²) in [4.78, 5) is 15.0. The van der Waals surface area contributed by atoms with Crippen LogP contribution in [-0.2, 0) is 9.53 Å². The van der Waals surface area contributed by atoms with Crippen LogP contribution in [-0.4, -0.2) is 17.6 Å². The highest BCUT2D eigenvalue weighted by Crippen LogP contribution is 2.15. The Hall–Kier alpha value is -2.22. The number of pyridine rings is 1. The van der Waals surface area contributed by atoms with Crippen LogP contribution in [0.25, 0.3) is 0 Å². The number of rotatable bonds is 1. The second kappa shape index (κ2) is 5.03. The number of nitrogens with zero attached hydrogens (tertiary/aromatic N) is 1. The van der Waals surface area contributed by atoms with Crippen molar-refractivity contribution in [3.63, 3.8) is 0 Å². The molecule has 0 fully saturated rings. The molecule has 0 aromatic carbocycles. The van der Waals surface area contributed by atoms with Crippen molar-refractivity contribution < 1.29 is 9.53 Å². The molecule has 0 aliphatic carbocycles. The molecular weight excluding hydrogens is 206 g/mol. The molecule has 0 radical (unpaired) electrons. The Balaban J connectivity index is 2.97. The summed E-state index contributed by atoms with van der Waals surface area (Å²) in [5.41, 5.74) is 12.6. The van der Waals surface area contributed by atoms with E-state index in [1.165, 1.54) is 0 Å². The molecule has 16 heavy (non-hydrogen) atoms.